The number of pyridine rings is 1. The van der Waals surface area contributed by atoms with Crippen molar-refractivity contribution in [2.24, 2.45) is 0 Å². The molecule has 9 rings (SSSR count). The Bertz CT molecular complexity index is 3930. The molecule has 0 spiro atoms. The summed E-state index contributed by atoms with van der Waals surface area (Å²) >= 11 is 0. The number of phenolic OH excluding ortho intramolecular Hbond substituents is 1. The Balaban J connectivity index is 0.00000982. The van der Waals surface area contributed by atoms with Crippen molar-refractivity contribution in [1.82, 2.24) is 14.5 Å². The zero-order chi connectivity index (χ0) is 63.3. The van der Waals surface area contributed by atoms with Crippen LogP contribution in [0, 0.1) is 12.9 Å². The Morgan fingerprint density at radius 2 is 1.18 bits per heavy atom. The summed E-state index contributed by atoms with van der Waals surface area (Å²) < 4.78 is 186. The smallest absolute Gasteiger partial charge is 0.148 e. The van der Waals surface area contributed by atoms with Crippen molar-refractivity contribution in [1.29, 1.82) is 0 Å². The van der Waals surface area contributed by atoms with E-state index in [0.29, 0.717) is 39.6 Å². The van der Waals surface area contributed by atoms with Crippen molar-refractivity contribution in [3.63, 3.8) is 0 Å². The number of imidazole rings is 1. The molecule has 0 aliphatic carbocycles. The van der Waals surface area contributed by atoms with Gasteiger partial charge in [-0.2, -0.15) is 0 Å². The van der Waals surface area contributed by atoms with Gasteiger partial charge in [-0.3, -0.25) is 9.55 Å². The van der Waals surface area contributed by atoms with Crippen LogP contribution in [0.5, 0.6) is 5.75 Å². The molecule has 0 bridgehead atoms. The molecule has 0 unspecified atom stereocenters. The molecule has 66 heavy (non-hydrogen) atoms. The van der Waals surface area contributed by atoms with Crippen molar-refractivity contribution in [2.45, 2.75) is 85.0 Å². The summed E-state index contributed by atoms with van der Waals surface area (Å²) in [4.78, 5) is 9.79. The second-order valence-electron chi connectivity index (χ2n) is 17.3. The van der Waals surface area contributed by atoms with Crippen LogP contribution in [0.4, 0.5) is 0 Å². The minimum absolute atomic E-state index is 0. The Labute approximate surface area is 435 Å². The van der Waals surface area contributed by atoms with Gasteiger partial charge in [-0.15, -0.1) is 23.8 Å². The molecule has 9 aromatic rings. The minimum atomic E-state index is -4.24. The third-order valence-electron chi connectivity index (χ3n) is 11.6. The van der Waals surface area contributed by atoms with Gasteiger partial charge in [0.1, 0.15) is 11.6 Å². The molecule has 7 aromatic carbocycles. The molecule has 0 radical (unpaired) electrons. The number of para-hydroxylation sites is 1. The molecule has 1 N–H and O–H groups in total. The maximum Gasteiger partial charge on any atom is 0.148 e. The number of benzene rings is 7. The minimum Gasteiger partial charge on any atom is -0.507 e. The quantitative estimate of drug-likeness (QED) is 0.162. The third-order valence-corrected chi connectivity index (χ3v) is 11.6. The Kier molecular flexibility index (Phi) is 7.20. The van der Waals surface area contributed by atoms with Crippen LogP contribution in [0.25, 0.3) is 83.9 Å². The summed E-state index contributed by atoms with van der Waals surface area (Å²) in [6, 6.07) is 47.1. The Hall–Kier alpha value is -6.35. The van der Waals surface area contributed by atoms with E-state index < -0.39 is 87.1 Å². The van der Waals surface area contributed by atoms with Gasteiger partial charge >= 0.3 is 0 Å². The van der Waals surface area contributed by atoms with E-state index in [1.165, 1.54) is 22.8 Å². The van der Waals surface area contributed by atoms with Gasteiger partial charge in [-0.25, -0.2) is 4.98 Å². The van der Waals surface area contributed by atoms with Crippen molar-refractivity contribution in [3.8, 4) is 78.6 Å². The monoisotopic (exact) mass is 1060 g/mol. The second-order valence-corrected chi connectivity index (χ2v) is 17.3. The van der Waals surface area contributed by atoms with Crippen LogP contribution < -0.4 is 0 Å². The third kappa shape index (κ3) is 9.09. The van der Waals surface area contributed by atoms with Gasteiger partial charge in [0, 0.05) is 67.3 Å². The molecule has 0 saturated heterocycles. The molecular formula is C61H58N3OPt-. The first-order valence-corrected chi connectivity index (χ1v) is 21.0. The largest absolute Gasteiger partial charge is 0.507 e. The van der Waals surface area contributed by atoms with E-state index in [2.05, 4.69) is 6.07 Å². The average Bonchev–Trinajstić information content (AvgIpc) is 1.12. The van der Waals surface area contributed by atoms with Crippen LogP contribution >= 0.6 is 0 Å². The first kappa shape index (κ1) is 26.7. The van der Waals surface area contributed by atoms with E-state index in [9.17, 15) is 5.11 Å². The van der Waals surface area contributed by atoms with E-state index in [4.69, 9.17) is 38.8 Å². The fourth-order valence-corrected chi connectivity index (χ4v) is 8.16. The van der Waals surface area contributed by atoms with Crippen LogP contribution in [0.3, 0.4) is 0 Å². The Morgan fingerprint density at radius 1 is 0.545 bits per heavy atom. The predicted octanol–water partition coefficient (Wildman–Crippen LogP) is 16.1. The maximum absolute atomic E-state index is 13.0. The Morgan fingerprint density at radius 3 is 1.85 bits per heavy atom. The van der Waals surface area contributed by atoms with Gasteiger partial charge in [-0.1, -0.05) is 194 Å². The SMILES string of the molecule is [2H]C([2H])([2H])c1cc(-c2ccc(C(C)(C)C)cc2)ccc1-n1c(-c2cc(C(C([2H])([2H])[2H])(C([2H])([2H])[2H])C([2H])([2H])[2H])cc(C(C([2H])([2H])[2H])(C([2H])([2H])[2H])C([2H])([2H])[2H])c2O)nc2c(-c3[c-]c(-c4cc(-c5ccccc5)ccn4)cc(-c4ccccc4)c3)cccc21.[Pt]. The number of phenols is 1. The molecule has 0 saturated carbocycles. The van der Waals surface area contributed by atoms with E-state index in [0.717, 1.165) is 22.3 Å². The fraction of sp³-hybridized carbons (Fsp3) is 0.213. The van der Waals surface area contributed by atoms with E-state index >= 15 is 0 Å². The summed E-state index contributed by atoms with van der Waals surface area (Å²) in [6.07, 6.45) is 1.65. The van der Waals surface area contributed by atoms with Gasteiger partial charge in [0.15, 0.2) is 0 Å². The number of hydrogen-bond donors (Lipinski definition) is 1. The van der Waals surface area contributed by atoms with Crippen LogP contribution in [0.15, 0.2) is 164 Å². The molecule has 0 amide bonds. The molecule has 5 heteroatoms. The van der Waals surface area contributed by atoms with Gasteiger partial charge in [0.2, 0.25) is 0 Å². The molecule has 2 heterocycles. The standard InChI is InChI=1S/C61H58N3O.Pt/c1-39-32-43(42-24-27-48(28-25-42)59(2,3)4)26-29-54(39)64-55-23-17-22-50(56(55)63-58(64)51-37-49(60(5,6)7)38-52(57(51)65)61(8,9)10)46-33-45(41-20-15-12-16-21-41)34-47(35-46)53-36-44(30-31-62-53)40-18-13-11-14-19-40;/h11-34,36-38,65H,1-10H3;/q-1;/i1D3,5D3,6D3,7D3,8D3,9D3,10D3;. The van der Waals surface area contributed by atoms with Gasteiger partial charge < -0.3 is 5.11 Å². The van der Waals surface area contributed by atoms with Gasteiger partial charge in [-0.05, 0) is 97.9 Å². The summed E-state index contributed by atoms with van der Waals surface area (Å²) in [5, 5.41) is 13.0. The van der Waals surface area contributed by atoms with E-state index in [1.807, 2.05) is 124 Å². The first-order chi connectivity index (χ1) is 39.6. The van der Waals surface area contributed by atoms with E-state index in [-0.39, 0.29) is 60.4 Å². The molecule has 334 valence electrons. The van der Waals surface area contributed by atoms with E-state index in [1.54, 1.807) is 30.5 Å². The maximum atomic E-state index is 13.0. The molecule has 0 atom stereocenters. The molecule has 0 fully saturated rings. The number of aromatic hydroxyl groups is 1. The van der Waals surface area contributed by atoms with Crippen LogP contribution in [-0.4, -0.2) is 19.6 Å². The van der Waals surface area contributed by atoms with Gasteiger partial charge in [0.25, 0.3) is 0 Å². The van der Waals surface area contributed by atoms with Crippen LogP contribution in [0.2, 0.25) is 0 Å². The summed E-state index contributed by atoms with van der Waals surface area (Å²) in [5.74, 6) is -2.16. The zero-order valence-electron chi connectivity index (χ0n) is 57.2. The number of hydrogen-bond acceptors (Lipinski definition) is 3. The zero-order valence-corrected chi connectivity index (χ0v) is 38.5. The van der Waals surface area contributed by atoms with Crippen LogP contribution in [0.1, 0.15) is 113 Å². The van der Waals surface area contributed by atoms with Crippen molar-refractivity contribution in [2.75, 3.05) is 0 Å². The van der Waals surface area contributed by atoms with Crippen molar-refractivity contribution in [3.05, 3.63) is 192 Å². The number of nitrogens with zero attached hydrogens (tertiary/aromatic N) is 3. The summed E-state index contributed by atoms with van der Waals surface area (Å²) in [7, 11) is 0. The molecule has 0 aliphatic heterocycles. The predicted molar refractivity (Wildman–Crippen MR) is 273 cm³/mol. The molecular weight excluding hydrogens is 986 g/mol. The number of aryl methyl sites for hydroxylation is 1. The normalized spacial score (nSPS) is 18.1. The number of rotatable bonds is 7. The van der Waals surface area contributed by atoms with Gasteiger partial charge in [0.05, 0.1) is 22.3 Å². The first-order valence-electron chi connectivity index (χ1n) is 31.5. The summed E-state index contributed by atoms with van der Waals surface area (Å²) in [5.41, 5.74) is -6.34. The molecule has 2 aromatic heterocycles. The van der Waals surface area contributed by atoms with Crippen molar-refractivity contribution < 1.29 is 55.0 Å². The topological polar surface area (TPSA) is 50.9 Å². The second kappa shape index (κ2) is 17.8. The molecule has 0 aliphatic rings. The molecule has 4 nitrogen and oxygen atoms in total. The number of fused-ring (bicyclic) bond motifs is 1. The fourth-order valence-electron chi connectivity index (χ4n) is 8.16. The summed E-state index contributed by atoms with van der Waals surface area (Å²) in [6.45, 7) is -22.0. The van der Waals surface area contributed by atoms with Crippen LogP contribution in [-0.2, 0) is 37.3 Å². The number of aromatic nitrogens is 3. The van der Waals surface area contributed by atoms with Crippen molar-refractivity contribution >= 4 is 11.0 Å². The average molecular weight is 1070 g/mol.